The van der Waals surface area contributed by atoms with Crippen LogP contribution < -0.4 is 5.32 Å². The van der Waals surface area contributed by atoms with Crippen LogP contribution in [0, 0.1) is 19.7 Å². The first-order valence-corrected chi connectivity index (χ1v) is 6.18. The number of aryl methyl sites for hydroxylation is 2. The van der Waals surface area contributed by atoms with E-state index in [1.165, 1.54) is 12.1 Å². The number of benzene rings is 1. The summed E-state index contributed by atoms with van der Waals surface area (Å²) < 4.78 is 13.4. The van der Waals surface area contributed by atoms with Crippen molar-refractivity contribution in [1.82, 2.24) is 5.32 Å². The molecule has 0 fully saturated rings. The van der Waals surface area contributed by atoms with Crippen LogP contribution in [0.4, 0.5) is 4.39 Å². The van der Waals surface area contributed by atoms with Crippen molar-refractivity contribution in [3.05, 3.63) is 34.6 Å². The van der Waals surface area contributed by atoms with Gasteiger partial charge in [-0.1, -0.05) is 6.92 Å². The third-order valence-electron chi connectivity index (χ3n) is 2.93. The number of carbonyl (C=O) groups is 1. The largest absolute Gasteiger partial charge is 0.393 e. The van der Waals surface area contributed by atoms with Gasteiger partial charge < -0.3 is 10.4 Å². The van der Waals surface area contributed by atoms with Crippen molar-refractivity contribution in [3.8, 4) is 0 Å². The molecule has 0 radical (unpaired) electrons. The van der Waals surface area contributed by atoms with Crippen LogP contribution in [-0.2, 0) is 0 Å². The Morgan fingerprint density at radius 3 is 2.44 bits per heavy atom. The molecular weight excluding hydrogens is 233 g/mol. The number of carbonyl (C=O) groups excluding carboxylic acids is 1. The van der Waals surface area contributed by atoms with Crippen LogP contribution in [0.1, 0.15) is 41.3 Å². The molecule has 0 aliphatic heterocycles. The van der Waals surface area contributed by atoms with Gasteiger partial charge in [-0.25, -0.2) is 4.39 Å². The molecule has 1 atom stereocenters. The Balaban J connectivity index is 2.62. The van der Waals surface area contributed by atoms with Crippen LogP contribution in [-0.4, -0.2) is 23.7 Å². The van der Waals surface area contributed by atoms with E-state index in [-0.39, 0.29) is 17.8 Å². The molecule has 4 heteroatoms. The standard InChI is InChI=1S/C14H20FNO2/c1-4-12(17)5-6-16-14(18)11-7-9(2)13(15)10(3)8-11/h7-8,12,17H,4-6H2,1-3H3,(H,16,18). The van der Waals surface area contributed by atoms with Crippen molar-refractivity contribution in [3.63, 3.8) is 0 Å². The molecule has 0 spiro atoms. The van der Waals surface area contributed by atoms with Gasteiger partial charge in [0.2, 0.25) is 0 Å². The Kier molecular flexibility index (Phi) is 5.28. The summed E-state index contributed by atoms with van der Waals surface area (Å²) in [7, 11) is 0. The minimum Gasteiger partial charge on any atom is -0.393 e. The quantitative estimate of drug-likeness (QED) is 0.846. The number of amides is 1. The molecule has 0 saturated carbocycles. The van der Waals surface area contributed by atoms with Gasteiger partial charge in [0.25, 0.3) is 5.91 Å². The molecule has 1 rings (SSSR count). The summed E-state index contributed by atoms with van der Waals surface area (Å²) >= 11 is 0. The van der Waals surface area contributed by atoms with Gasteiger partial charge in [0.15, 0.2) is 0 Å². The fraction of sp³-hybridized carbons (Fsp3) is 0.500. The minimum atomic E-state index is -0.387. The zero-order valence-corrected chi connectivity index (χ0v) is 11.1. The topological polar surface area (TPSA) is 49.3 Å². The molecule has 0 aliphatic rings. The second kappa shape index (κ2) is 6.50. The first kappa shape index (κ1) is 14.6. The number of rotatable bonds is 5. The van der Waals surface area contributed by atoms with Gasteiger partial charge in [-0.15, -0.1) is 0 Å². The van der Waals surface area contributed by atoms with Crippen molar-refractivity contribution >= 4 is 5.91 Å². The van der Waals surface area contributed by atoms with E-state index in [0.717, 1.165) is 0 Å². The second-order valence-electron chi connectivity index (χ2n) is 4.53. The molecule has 0 aliphatic carbocycles. The van der Waals surface area contributed by atoms with Gasteiger partial charge in [0.05, 0.1) is 6.10 Å². The lowest BCUT2D eigenvalue weighted by molar-refractivity contribution is 0.0941. The Labute approximate surface area is 107 Å². The summed E-state index contributed by atoms with van der Waals surface area (Å²) in [6.45, 7) is 5.59. The van der Waals surface area contributed by atoms with Gasteiger partial charge in [0, 0.05) is 12.1 Å². The summed E-state index contributed by atoms with van der Waals surface area (Å²) in [5, 5.41) is 12.1. The molecule has 0 saturated heterocycles. The molecular formula is C14H20FNO2. The van der Waals surface area contributed by atoms with E-state index in [9.17, 15) is 14.3 Å². The first-order chi connectivity index (χ1) is 8.45. The Hall–Kier alpha value is -1.42. The molecule has 1 aromatic rings. The Morgan fingerprint density at radius 1 is 1.39 bits per heavy atom. The van der Waals surface area contributed by atoms with Crippen molar-refractivity contribution in [2.45, 2.75) is 39.7 Å². The summed E-state index contributed by atoms with van der Waals surface area (Å²) in [5.41, 5.74) is 1.39. The molecule has 18 heavy (non-hydrogen) atoms. The fourth-order valence-corrected chi connectivity index (χ4v) is 1.74. The number of aliphatic hydroxyl groups is 1. The van der Waals surface area contributed by atoms with Crippen molar-refractivity contribution < 1.29 is 14.3 Å². The van der Waals surface area contributed by atoms with Gasteiger partial charge in [-0.2, -0.15) is 0 Å². The lowest BCUT2D eigenvalue weighted by Gasteiger charge is -2.10. The molecule has 2 N–H and O–H groups in total. The lowest BCUT2D eigenvalue weighted by atomic mass is 10.1. The predicted octanol–water partition coefficient (Wildman–Crippen LogP) is 2.33. The van der Waals surface area contributed by atoms with Crippen LogP contribution >= 0.6 is 0 Å². The number of nitrogens with one attached hydrogen (secondary N) is 1. The van der Waals surface area contributed by atoms with Gasteiger partial charge in [-0.3, -0.25) is 4.79 Å². The summed E-state index contributed by atoms with van der Waals surface area (Å²) in [6.07, 6.45) is 0.813. The summed E-state index contributed by atoms with van der Waals surface area (Å²) in [6, 6.07) is 3.07. The molecule has 0 heterocycles. The van der Waals surface area contributed by atoms with E-state index >= 15 is 0 Å². The average molecular weight is 253 g/mol. The van der Waals surface area contributed by atoms with Crippen molar-refractivity contribution in [1.29, 1.82) is 0 Å². The SMILES string of the molecule is CCC(O)CCNC(=O)c1cc(C)c(F)c(C)c1. The Morgan fingerprint density at radius 2 is 1.94 bits per heavy atom. The number of hydrogen-bond donors (Lipinski definition) is 2. The van der Waals surface area contributed by atoms with Gasteiger partial charge in [-0.05, 0) is 49.9 Å². The zero-order valence-electron chi connectivity index (χ0n) is 11.1. The first-order valence-electron chi connectivity index (χ1n) is 6.18. The highest BCUT2D eigenvalue weighted by molar-refractivity contribution is 5.94. The van der Waals surface area contributed by atoms with Crippen molar-refractivity contribution in [2.75, 3.05) is 6.54 Å². The van der Waals surface area contributed by atoms with Crippen LogP contribution in [0.2, 0.25) is 0 Å². The van der Waals surface area contributed by atoms with E-state index < -0.39 is 0 Å². The molecule has 0 bridgehead atoms. The van der Waals surface area contributed by atoms with E-state index in [4.69, 9.17) is 0 Å². The third-order valence-corrected chi connectivity index (χ3v) is 2.93. The van der Waals surface area contributed by atoms with Crippen LogP contribution in [0.5, 0.6) is 0 Å². The highest BCUT2D eigenvalue weighted by atomic mass is 19.1. The maximum absolute atomic E-state index is 13.4. The van der Waals surface area contributed by atoms with Crippen LogP contribution in [0.3, 0.4) is 0 Å². The van der Waals surface area contributed by atoms with Gasteiger partial charge >= 0.3 is 0 Å². The lowest BCUT2D eigenvalue weighted by Crippen LogP contribution is -2.27. The molecule has 0 aromatic heterocycles. The maximum atomic E-state index is 13.4. The summed E-state index contributed by atoms with van der Waals surface area (Å²) in [5.74, 6) is -0.502. The van der Waals surface area contributed by atoms with Gasteiger partial charge in [0.1, 0.15) is 5.82 Å². The number of halogens is 1. The maximum Gasteiger partial charge on any atom is 0.251 e. The van der Waals surface area contributed by atoms with E-state index in [2.05, 4.69) is 5.32 Å². The highest BCUT2D eigenvalue weighted by Gasteiger charge is 2.10. The second-order valence-corrected chi connectivity index (χ2v) is 4.53. The average Bonchev–Trinajstić information content (AvgIpc) is 2.34. The number of aliphatic hydroxyl groups excluding tert-OH is 1. The van der Waals surface area contributed by atoms with Crippen LogP contribution in [0.25, 0.3) is 0 Å². The Bertz CT molecular complexity index is 409. The smallest absolute Gasteiger partial charge is 0.251 e. The van der Waals surface area contributed by atoms with E-state index in [1.807, 2.05) is 6.92 Å². The molecule has 1 unspecified atom stereocenters. The van der Waals surface area contributed by atoms with Crippen molar-refractivity contribution in [2.24, 2.45) is 0 Å². The normalized spacial score (nSPS) is 12.3. The molecule has 1 aromatic carbocycles. The van der Waals surface area contributed by atoms with E-state index in [1.54, 1.807) is 13.8 Å². The fourth-order valence-electron chi connectivity index (χ4n) is 1.74. The monoisotopic (exact) mass is 253 g/mol. The minimum absolute atomic E-state index is 0.232. The van der Waals surface area contributed by atoms with E-state index in [0.29, 0.717) is 36.1 Å². The van der Waals surface area contributed by atoms with Crippen LogP contribution in [0.15, 0.2) is 12.1 Å². The summed E-state index contributed by atoms with van der Waals surface area (Å²) in [4.78, 5) is 11.8. The molecule has 1 amide bonds. The number of hydrogen-bond acceptors (Lipinski definition) is 2. The predicted molar refractivity (Wildman–Crippen MR) is 69.1 cm³/mol. The highest BCUT2D eigenvalue weighted by Crippen LogP contribution is 2.14. The molecule has 3 nitrogen and oxygen atoms in total. The zero-order chi connectivity index (χ0) is 13.7. The molecule has 100 valence electrons. The third kappa shape index (κ3) is 3.81.